The molecule has 2 amide bonds. The number of aromatic amines is 1. The first-order valence-corrected chi connectivity index (χ1v) is 5.53. The lowest BCUT2D eigenvalue weighted by Gasteiger charge is -2.13. The van der Waals surface area contributed by atoms with Crippen LogP contribution in [0.1, 0.15) is 16.1 Å². The maximum absolute atomic E-state index is 11.3. The van der Waals surface area contributed by atoms with Gasteiger partial charge in [-0.3, -0.25) is 4.90 Å². The molecule has 0 aliphatic carbocycles. The molecule has 1 aliphatic heterocycles. The predicted octanol–water partition coefficient (Wildman–Crippen LogP) is 1.31. The second-order valence-electron chi connectivity index (χ2n) is 4.25. The van der Waals surface area contributed by atoms with E-state index in [1.165, 1.54) is 4.90 Å². The molecule has 0 bridgehead atoms. The Kier molecular flexibility index (Phi) is 2.07. The summed E-state index contributed by atoms with van der Waals surface area (Å²) in [6.07, 6.45) is 0.687. The number of aromatic nitrogens is 1. The number of hydrogen-bond acceptors (Lipinski definition) is 2. The number of primary amides is 1. The van der Waals surface area contributed by atoms with Crippen LogP contribution in [0.4, 0.5) is 10.5 Å². The Morgan fingerprint density at radius 1 is 1.39 bits per heavy atom. The van der Waals surface area contributed by atoms with Gasteiger partial charge in [0.2, 0.25) is 0 Å². The van der Waals surface area contributed by atoms with Crippen LogP contribution in [0, 0.1) is 0 Å². The zero-order chi connectivity index (χ0) is 12.9. The van der Waals surface area contributed by atoms with Crippen LogP contribution >= 0.6 is 0 Å². The standard InChI is InChI=1S/C12H11N3O3/c13-12(18)15-4-3-6-7-5-9(11(16)17)14-8(7)1-2-10(6)15/h1-2,5,14H,3-4H2,(H2,13,18)(H,16,17). The number of hydrogen-bond donors (Lipinski definition) is 3. The van der Waals surface area contributed by atoms with Gasteiger partial charge in [0.05, 0.1) is 0 Å². The minimum Gasteiger partial charge on any atom is -0.477 e. The normalized spacial score (nSPS) is 13.9. The molecule has 1 aromatic heterocycles. The number of carboxylic acids is 1. The first-order valence-electron chi connectivity index (χ1n) is 5.53. The van der Waals surface area contributed by atoms with Crippen molar-refractivity contribution in [1.82, 2.24) is 4.98 Å². The summed E-state index contributed by atoms with van der Waals surface area (Å²) >= 11 is 0. The maximum Gasteiger partial charge on any atom is 0.352 e. The average molecular weight is 245 g/mol. The number of rotatable bonds is 1. The van der Waals surface area contributed by atoms with E-state index in [4.69, 9.17) is 10.8 Å². The molecule has 0 fully saturated rings. The van der Waals surface area contributed by atoms with Crippen LogP contribution < -0.4 is 10.6 Å². The van der Waals surface area contributed by atoms with E-state index >= 15 is 0 Å². The largest absolute Gasteiger partial charge is 0.477 e. The van der Waals surface area contributed by atoms with Gasteiger partial charge in [0.1, 0.15) is 5.69 Å². The highest BCUT2D eigenvalue weighted by molar-refractivity contribution is 6.01. The van der Waals surface area contributed by atoms with Crippen LogP contribution in [-0.2, 0) is 6.42 Å². The summed E-state index contributed by atoms with van der Waals surface area (Å²) in [5.74, 6) is -0.996. The molecule has 4 N–H and O–H groups in total. The number of nitrogens with two attached hydrogens (primary N) is 1. The van der Waals surface area contributed by atoms with E-state index in [2.05, 4.69) is 4.98 Å². The van der Waals surface area contributed by atoms with E-state index in [9.17, 15) is 9.59 Å². The molecule has 2 aromatic rings. The number of anilines is 1. The number of aromatic carboxylic acids is 1. The van der Waals surface area contributed by atoms with Gasteiger partial charge in [0.25, 0.3) is 0 Å². The van der Waals surface area contributed by atoms with Gasteiger partial charge in [-0.2, -0.15) is 0 Å². The molecule has 0 radical (unpaired) electrons. The Morgan fingerprint density at radius 3 is 2.83 bits per heavy atom. The number of urea groups is 1. The lowest BCUT2D eigenvalue weighted by atomic mass is 10.1. The van der Waals surface area contributed by atoms with Crippen LogP contribution in [0.5, 0.6) is 0 Å². The maximum atomic E-state index is 11.3. The number of nitrogens with zero attached hydrogens (tertiary/aromatic N) is 1. The minimum absolute atomic E-state index is 0.149. The van der Waals surface area contributed by atoms with E-state index in [-0.39, 0.29) is 5.69 Å². The molecule has 18 heavy (non-hydrogen) atoms. The van der Waals surface area contributed by atoms with Crippen molar-refractivity contribution in [3.8, 4) is 0 Å². The Bertz CT molecular complexity index is 675. The number of carboxylic acid groups (broad SMARTS) is 1. The fraction of sp³-hybridized carbons (Fsp3) is 0.167. The molecule has 6 nitrogen and oxygen atoms in total. The lowest BCUT2D eigenvalue weighted by molar-refractivity contribution is 0.0691. The molecule has 1 aliphatic rings. The molecular formula is C12H11N3O3. The summed E-state index contributed by atoms with van der Waals surface area (Å²) in [6, 6.07) is 4.67. The topological polar surface area (TPSA) is 99.4 Å². The van der Waals surface area contributed by atoms with Crippen LogP contribution in [0.2, 0.25) is 0 Å². The van der Waals surface area contributed by atoms with E-state index in [0.29, 0.717) is 13.0 Å². The first kappa shape index (κ1) is 10.6. The molecule has 0 unspecified atom stereocenters. The Hall–Kier alpha value is -2.50. The van der Waals surface area contributed by atoms with E-state index < -0.39 is 12.0 Å². The van der Waals surface area contributed by atoms with Gasteiger partial charge >= 0.3 is 12.0 Å². The smallest absolute Gasteiger partial charge is 0.352 e. The van der Waals surface area contributed by atoms with E-state index in [1.54, 1.807) is 18.2 Å². The lowest BCUT2D eigenvalue weighted by Crippen LogP contribution is -2.33. The zero-order valence-electron chi connectivity index (χ0n) is 9.43. The minimum atomic E-state index is -0.996. The summed E-state index contributed by atoms with van der Waals surface area (Å²) < 4.78 is 0. The van der Waals surface area contributed by atoms with Crippen molar-refractivity contribution in [3.63, 3.8) is 0 Å². The quantitative estimate of drug-likeness (QED) is 0.706. The number of nitrogens with one attached hydrogen (secondary N) is 1. The number of carbonyl (C=O) groups excluding carboxylic acids is 1. The van der Waals surface area contributed by atoms with Gasteiger partial charge in [0.15, 0.2) is 0 Å². The van der Waals surface area contributed by atoms with Crippen molar-refractivity contribution >= 4 is 28.6 Å². The molecule has 3 rings (SSSR count). The molecule has 0 saturated carbocycles. The predicted molar refractivity (Wildman–Crippen MR) is 65.9 cm³/mol. The summed E-state index contributed by atoms with van der Waals surface area (Å²) in [5, 5.41) is 9.80. The fourth-order valence-electron chi connectivity index (χ4n) is 2.46. The highest BCUT2D eigenvalue weighted by Crippen LogP contribution is 2.34. The molecular weight excluding hydrogens is 234 g/mol. The molecule has 0 atom stereocenters. The van der Waals surface area contributed by atoms with Gasteiger partial charge in [0, 0.05) is 23.1 Å². The summed E-state index contributed by atoms with van der Waals surface area (Å²) in [7, 11) is 0. The van der Waals surface area contributed by atoms with Gasteiger partial charge < -0.3 is 15.8 Å². The number of amides is 2. The third-order valence-electron chi connectivity index (χ3n) is 3.26. The number of carbonyl (C=O) groups is 2. The number of H-pyrrole nitrogens is 1. The van der Waals surface area contributed by atoms with Crippen molar-refractivity contribution in [2.24, 2.45) is 5.73 Å². The van der Waals surface area contributed by atoms with Crippen LogP contribution in [-0.4, -0.2) is 28.6 Å². The second kappa shape index (κ2) is 3.49. The highest BCUT2D eigenvalue weighted by atomic mass is 16.4. The molecule has 92 valence electrons. The fourth-order valence-corrected chi connectivity index (χ4v) is 2.46. The Balaban J connectivity index is 2.21. The average Bonchev–Trinajstić information content (AvgIpc) is 2.91. The second-order valence-corrected chi connectivity index (χ2v) is 4.25. The Labute approximate surface area is 102 Å². The molecule has 6 heteroatoms. The highest BCUT2D eigenvalue weighted by Gasteiger charge is 2.25. The van der Waals surface area contributed by atoms with E-state index in [0.717, 1.165) is 22.2 Å². The first-order chi connectivity index (χ1) is 8.58. The third-order valence-corrected chi connectivity index (χ3v) is 3.26. The van der Waals surface area contributed by atoms with Crippen molar-refractivity contribution < 1.29 is 14.7 Å². The van der Waals surface area contributed by atoms with Gasteiger partial charge in [-0.15, -0.1) is 0 Å². The van der Waals surface area contributed by atoms with Crippen LogP contribution in [0.25, 0.3) is 10.9 Å². The van der Waals surface area contributed by atoms with Crippen molar-refractivity contribution in [2.45, 2.75) is 6.42 Å². The molecule has 0 saturated heterocycles. The van der Waals surface area contributed by atoms with Crippen LogP contribution in [0.15, 0.2) is 18.2 Å². The third kappa shape index (κ3) is 1.35. The Morgan fingerprint density at radius 2 is 2.17 bits per heavy atom. The van der Waals surface area contributed by atoms with Crippen molar-refractivity contribution in [3.05, 3.63) is 29.5 Å². The summed E-state index contributed by atoms with van der Waals surface area (Å²) in [6.45, 7) is 0.539. The molecule has 1 aromatic carbocycles. The van der Waals surface area contributed by atoms with Crippen molar-refractivity contribution in [1.29, 1.82) is 0 Å². The number of fused-ring (bicyclic) bond motifs is 3. The number of benzene rings is 1. The molecule has 0 spiro atoms. The SMILES string of the molecule is NC(=O)N1CCc2c1ccc1[nH]c(C(=O)O)cc21. The monoisotopic (exact) mass is 245 g/mol. The van der Waals surface area contributed by atoms with E-state index in [1.807, 2.05) is 0 Å². The summed E-state index contributed by atoms with van der Waals surface area (Å²) in [4.78, 5) is 26.5. The summed E-state index contributed by atoms with van der Waals surface area (Å²) in [5.41, 5.74) is 7.94. The zero-order valence-corrected chi connectivity index (χ0v) is 9.43. The van der Waals surface area contributed by atoms with Gasteiger partial charge in [-0.05, 0) is 30.2 Å². The molecule has 2 heterocycles. The van der Waals surface area contributed by atoms with Gasteiger partial charge in [-0.25, -0.2) is 9.59 Å². The van der Waals surface area contributed by atoms with Crippen LogP contribution in [0.3, 0.4) is 0 Å². The van der Waals surface area contributed by atoms with Crippen molar-refractivity contribution in [2.75, 3.05) is 11.4 Å². The van der Waals surface area contributed by atoms with Gasteiger partial charge in [-0.1, -0.05) is 0 Å².